The molecule has 1 saturated carbocycles. The number of aliphatic hydroxyl groups is 1. The van der Waals surface area contributed by atoms with Crippen LogP contribution >= 0.6 is 11.8 Å². The van der Waals surface area contributed by atoms with Gasteiger partial charge in [-0.15, -0.1) is 0 Å². The Hall–Kier alpha value is -0.910. The number of rotatable bonds is 4. The molecule has 4 rings (SSSR count). The normalized spacial score (nSPS) is 31.1. The molecule has 4 aliphatic rings. The number of hydrogen-bond donors (Lipinski definition) is 1. The Morgan fingerprint density at radius 1 is 1.35 bits per heavy atom. The summed E-state index contributed by atoms with van der Waals surface area (Å²) in [5.74, 6) is 0.131. The molecule has 124 valence electrons. The molecule has 5 heteroatoms. The molecule has 1 saturated heterocycles. The van der Waals surface area contributed by atoms with Gasteiger partial charge in [0, 0.05) is 18.3 Å². The lowest BCUT2D eigenvalue weighted by Crippen LogP contribution is -2.50. The second-order valence-electron chi connectivity index (χ2n) is 6.99. The zero-order chi connectivity index (χ0) is 16.0. The number of aliphatic hydroxyl groups excluding tert-OH is 1. The second-order valence-corrected chi connectivity index (χ2v) is 8.20. The molecule has 0 bridgehead atoms. The second kappa shape index (κ2) is 6.19. The fourth-order valence-electron chi connectivity index (χ4n) is 4.00. The van der Waals surface area contributed by atoms with Gasteiger partial charge in [0.25, 0.3) is 0 Å². The first-order valence-electron chi connectivity index (χ1n) is 8.52. The van der Waals surface area contributed by atoms with Crippen LogP contribution in [0.15, 0.2) is 35.2 Å². The molecule has 23 heavy (non-hydrogen) atoms. The molecule has 3 nitrogen and oxygen atoms in total. The topological polar surface area (TPSA) is 40.5 Å². The van der Waals surface area contributed by atoms with Crippen LogP contribution in [0, 0.1) is 5.92 Å². The summed E-state index contributed by atoms with van der Waals surface area (Å²) < 4.78 is 14.4. The number of piperidine rings is 1. The summed E-state index contributed by atoms with van der Waals surface area (Å²) in [4.78, 5) is 13.8. The smallest absolute Gasteiger partial charge is 0.212 e. The molecule has 2 aliphatic carbocycles. The van der Waals surface area contributed by atoms with E-state index in [0.717, 1.165) is 43.4 Å². The molecule has 0 aromatic heterocycles. The highest BCUT2D eigenvalue weighted by atomic mass is 32.2. The van der Waals surface area contributed by atoms with Crippen LogP contribution in [-0.4, -0.2) is 45.6 Å². The van der Waals surface area contributed by atoms with Crippen LogP contribution in [-0.2, 0) is 4.79 Å². The van der Waals surface area contributed by atoms with E-state index in [2.05, 4.69) is 4.90 Å². The highest BCUT2D eigenvalue weighted by Crippen LogP contribution is 2.42. The van der Waals surface area contributed by atoms with E-state index in [0.29, 0.717) is 24.1 Å². The fourth-order valence-corrected chi connectivity index (χ4v) is 5.02. The number of likely N-dealkylation sites (tertiary alicyclic amines) is 1. The quantitative estimate of drug-likeness (QED) is 0.857. The average molecular weight is 335 g/mol. The highest BCUT2D eigenvalue weighted by Gasteiger charge is 2.43. The van der Waals surface area contributed by atoms with Gasteiger partial charge in [-0.05, 0) is 61.3 Å². The average Bonchev–Trinajstić information content (AvgIpc) is 3.31. The molecule has 3 unspecified atom stereocenters. The minimum Gasteiger partial charge on any atom is -0.391 e. The van der Waals surface area contributed by atoms with E-state index in [9.17, 15) is 14.3 Å². The molecule has 0 radical (unpaired) electrons. The summed E-state index contributed by atoms with van der Waals surface area (Å²) in [6.07, 6.45) is 9.16. The number of nitrogens with zero attached hydrogens (tertiary/aromatic N) is 1. The van der Waals surface area contributed by atoms with Gasteiger partial charge in [-0.1, -0.05) is 17.8 Å². The van der Waals surface area contributed by atoms with Crippen molar-refractivity contribution in [2.24, 2.45) is 5.92 Å². The maximum absolute atomic E-state index is 14.4. The first-order valence-corrected chi connectivity index (χ1v) is 9.39. The van der Waals surface area contributed by atoms with Gasteiger partial charge >= 0.3 is 0 Å². The zero-order valence-corrected chi connectivity index (χ0v) is 13.9. The highest BCUT2D eigenvalue weighted by molar-refractivity contribution is 8.15. The number of thioether (sulfide) groups is 1. The lowest BCUT2D eigenvalue weighted by Gasteiger charge is -2.41. The number of carbonyl (C=O) groups is 1. The standard InChI is InChI=1S/C18H22FNO2S/c19-14-4-2-1-3-13(14)17(18(22)11-5-6-11)20-8-7-15-12(10-20)9-16(21)23-15/h2,4,9,11,15,17-18,22H,1,3,5-8,10H2. The molecule has 2 fully saturated rings. The number of halogens is 1. The lowest BCUT2D eigenvalue weighted by atomic mass is 9.88. The molecule has 0 amide bonds. The van der Waals surface area contributed by atoms with Gasteiger partial charge in [0.1, 0.15) is 5.83 Å². The predicted octanol–water partition coefficient (Wildman–Crippen LogP) is 2.97. The van der Waals surface area contributed by atoms with Crippen molar-refractivity contribution in [1.29, 1.82) is 0 Å². The van der Waals surface area contributed by atoms with Crippen LogP contribution in [0.2, 0.25) is 0 Å². The van der Waals surface area contributed by atoms with Crippen molar-refractivity contribution in [3.8, 4) is 0 Å². The van der Waals surface area contributed by atoms with Crippen molar-refractivity contribution in [3.63, 3.8) is 0 Å². The van der Waals surface area contributed by atoms with Crippen LogP contribution in [0.1, 0.15) is 32.1 Å². The number of hydrogen-bond acceptors (Lipinski definition) is 4. The maximum atomic E-state index is 14.4. The molecule has 0 aromatic carbocycles. The number of fused-ring (bicyclic) bond motifs is 1. The van der Waals surface area contributed by atoms with E-state index in [1.54, 1.807) is 12.2 Å². The molecule has 0 aromatic rings. The summed E-state index contributed by atoms with van der Waals surface area (Å²) in [7, 11) is 0. The Labute approximate surface area is 140 Å². The van der Waals surface area contributed by atoms with Crippen LogP contribution in [0.4, 0.5) is 4.39 Å². The van der Waals surface area contributed by atoms with Crippen LogP contribution in [0.25, 0.3) is 0 Å². The lowest BCUT2D eigenvalue weighted by molar-refractivity contribution is -0.106. The summed E-state index contributed by atoms with van der Waals surface area (Å²) in [5, 5.41) is 11.2. The van der Waals surface area contributed by atoms with Crippen LogP contribution in [0.5, 0.6) is 0 Å². The Morgan fingerprint density at radius 3 is 2.91 bits per heavy atom. The monoisotopic (exact) mass is 335 g/mol. The van der Waals surface area contributed by atoms with Gasteiger partial charge in [0.2, 0.25) is 5.12 Å². The van der Waals surface area contributed by atoms with E-state index < -0.39 is 6.10 Å². The van der Waals surface area contributed by atoms with Gasteiger partial charge in [0.15, 0.2) is 0 Å². The van der Waals surface area contributed by atoms with Crippen LogP contribution < -0.4 is 0 Å². The van der Waals surface area contributed by atoms with Crippen molar-refractivity contribution in [2.45, 2.75) is 49.5 Å². The first kappa shape index (κ1) is 15.6. The van der Waals surface area contributed by atoms with Gasteiger partial charge in [-0.3, -0.25) is 9.69 Å². The minimum absolute atomic E-state index is 0.136. The van der Waals surface area contributed by atoms with Crippen molar-refractivity contribution in [3.05, 3.63) is 35.2 Å². The predicted molar refractivity (Wildman–Crippen MR) is 89.7 cm³/mol. The fraction of sp³-hybridized carbons (Fsp3) is 0.611. The van der Waals surface area contributed by atoms with Gasteiger partial charge in [-0.2, -0.15) is 0 Å². The third kappa shape index (κ3) is 3.06. The van der Waals surface area contributed by atoms with E-state index in [-0.39, 0.29) is 17.0 Å². The molecule has 1 N–H and O–H groups in total. The van der Waals surface area contributed by atoms with Crippen molar-refractivity contribution in [2.75, 3.05) is 13.1 Å². The van der Waals surface area contributed by atoms with Gasteiger partial charge in [-0.25, -0.2) is 4.39 Å². The van der Waals surface area contributed by atoms with E-state index in [4.69, 9.17) is 0 Å². The van der Waals surface area contributed by atoms with E-state index in [1.807, 2.05) is 6.08 Å². The summed E-state index contributed by atoms with van der Waals surface area (Å²) in [5.41, 5.74) is 1.90. The molecular weight excluding hydrogens is 313 g/mol. The van der Waals surface area contributed by atoms with Crippen LogP contribution in [0.3, 0.4) is 0 Å². The number of carbonyl (C=O) groups excluding carboxylic acids is 1. The molecule has 2 heterocycles. The Balaban J connectivity index is 1.61. The first-order chi connectivity index (χ1) is 11.1. The molecule has 0 spiro atoms. The zero-order valence-electron chi connectivity index (χ0n) is 13.1. The molecule has 2 aliphatic heterocycles. The molecular formula is C18H22FNO2S. The Bertz CT molecular complexity index is 608. The Morgan fingerprint density at radius 2 is 2.17 bits per heavy atom. The Kier molecular flexibility index (Phi) is 4.20. The minimum atomic E-state index is -0.496. The number of allylic oxidation sites excluding steroid dienone is 3. The molecule has 3 atom stereocenters. The summed E-state index contributed by atoms with van der Waals surface area (Å²) in [6, 6.07) is -0.241. The van der Waals surface area contributed by atoms with E-state index in [1.165, 1.54) is 11.8 Å². The van der Waals surface area contributed by atoms with Crippen molar-refractivity contribution >= 4 is 16.9 Å². The third-order valence-corrected chi connectivity index (χ3v) is 6.54. The van der Waals surface area contributed by atoms with Crippen molar-refractivity contribution in [1.82, 2.24) is 4.90 Å². The summed E-state index contributed by atoms with van der Waals surface area (Å²) in [6.45, 7) is 1.50. The third-order valence-electron chi connectivity index (χ3n) is 5.37. The summed E-state index contributed by atoms with van der Waals surface area (Å²) >= 11 is 1.41. The SMILES string of the molecule is O=C1C=C2CN(C(C3=C(F)C=CCC3)C(O)C3CC3)CCC2S1. The van der Waals surface area contributed by atoms with Gasteiger partial charge < -0.3 is 5.11 Å². The van der Waals surface area contributed by atoms with Gasteiger partial charge in [0.05, 0.1) is 12.1 Å². The maximum Gasteiger partial charge on any atom is 0.212 e. The van der Waals surface area contributed by atoms with E-state index >= 15 is 0 Å². The van der Waals surface area contributed by atoms with Crippen molar-refractivity contribution < 1.29 is 14.3 Å². The largest absolute Gasteiger partial charge is 0.391 e.